The van der Waals surface area contributed by atoms with Crippen LogP contribution >= 0.6 is 24.8 Å². The molecule has 0 saturated heterocycles. The highest BCUT2D eigenvalue weighted by Gasteiger charge is 2.21. The van der Waals surface area contributed by atoms with Crippen LogP contribution in [0.4, 0.5) is 0 Å². The molecule has 1 heterocycles. The first-order valence-electron chi connectivity index (χ1n) is 7.80. The van der Waals surface area contributed by atoms with Crippen LogP contribution < -0.4 is 11.1 Å². The standard InChI is InChI=1S/C17H23N5O2.2ClH/c1-13(22-10-6-9-20-22)17(24)21(2)12-16(23)19-11-15(18)14-7-4-3-5-8-14;;/h3-10,13,15H,11-12,18H2,1-2H3,(H,19,23);2*1H. The number of benzene rings is 1. The van der Waals surface area contributed by atoms with Crippen molar-refractivity contribution in [2.45, 2.75) is 19.0 Å². The maximum absolute atomic E-state index is 12.3. The second-order valence-corrected chi connectivity index (χ2v) is 5.68. The summed E-state index contributed by atoms with van der Waals surface area (Å²) in [5.74, 6) is -0.425. The first kappa shape index (κ1) is 23.9. The van der Waals surface area contributed by atoms with Crippen LogP contribution in [0.15, 0.2) is 48.8 Å². The lowest BCUT2D eigenvalue weighted by molar-refractivity contribution is -0.137. The molecule has 0 saturated carbocycles. The molecule has 0 radical (unpaired) electrons. The van der Waals surface area contributed by atoms with E-state index in [1.165, 1.54) is 4.90 Å². The molecule has 2 amide bonds. The third kappa shape index (κ3) is 6.67. The number of aromatic nitrogens is 2. The van der Waals surface area contributed by atoms with Crippen LogP contribution in [0.3, 0.4) is 0 Å². The Morgan fingerprint density at radius 2 is 1.88 bits per heavy atom. The zero-order valence-electron chi connectivity index (χ0n) is 14.7. The lowest BCUT2D eigenvalue weighted by atomic mass is 10.1. The molecule has 1 aromatic heterocycles. The van der Waals surface area contributed by atoms with Crippen LogP contribution in [-0.2, 0) is 9.59 Å². The van der Waals surface area contributed by atoms with Gasteiger partial charge < -0.3 is 16.0 Å². The van der Waals surface area contributed by atoms with Gasteiger partial charge in [-0.2, -0.15) is 5.10 Å². The number of halogens is 2. The number of nitrogens with two attached hydrogens (primary N) is 1. The molecule has 144 valence electrons. The SMILES string of the molecule is CC(C(=O)N(C)CC(=O)NCC(N)c1ccccc1)n1cccn1.Cl.Cl. The van der Waals surface area contributed by atoms with Crippen LogP contribution in [0.1, 0.15) is 24.6 Å². The summed E-state index contributed by atoms with van der Waals surface area (Å²) in [7, 11) is 1.60. The van der Waals surface area contributed by atoms with Crippen molar-refractivity contribution in [2.75, 3.05) is 20.1 Å². The molecule has 0 bridgehead atoms. The summed E-state index contributed by atoms with van der Waals surface area (Å²) in [6.45, 7) is 2.04. The summed E-state index contributed by atoms with van der Waals surface area (Å²) in [5.41, 5.74) is 6.99. The summed E-state index contributed by atoms with van der Waals surface area (Å²) in [4.78, 5) is 25.7. The molecule has 2 atom stereocenters. The van der Waals surface area contributed by atoms with Gasteiger partial charge in [0.1, 0.15) is 6.04 Å². The molecule has 2 rings (SSSR count). The van der Waals surface area contributed by atoms with Crippen LogP contribution in [-0.4, -0.2) is 46.6 Å². The molecule has 0 aliphatic heterocycles. The predicted octanol–water partition coefficient (Wildman–Crippen LogP) is 1.56. The first-order chi connectivity index (χ1) is 11.5. The fourth-order valence-electron chi connectivity index (χ4n) is 2.33. The smallest absolute Gasteiger partial charge is 0.247 e. The van der Waals surface area contributed by atoms with Gasteiger partial charge in [-0.1, -0.05) is 30.3 Å². The van der Waals surface area contributed by atoms with Crippen LogP contribution in [0.2, 0.25) is 0 Å². The number of rotatable bonds is 7. The Hall–Kier alpha value is -2.09. The third-order valence-electron chi connectivity index (χ3n) is 3.78. The van der Waals surface area contributed by atoms with E-state index in [2.05, 4.69) is 10.4 Å². The van der Waals surface area contributed by atoms with Crippen molar-refractivity contribution in [2.24, 2.45) is 5.73 Å². The first-order valence-corrected chi connectivity index (χ1v) is 7.80. The molecule has 0 spiro atoms. The van der Waals surface area contributed by atoms with Crippen molar-refractivity contribution in [1.29, 1.82) is 0 Å². The quantitative estimate of drug-likeness (QED) is 0.735. The Morgan fingerprint density at radius 3 is 2.46 bits per heavy atom. The Morgan fingerprint density at radius 1 is 1.23 bits per heavy atom. The summed E-state index contributed by atoms with van der Waals surface area (Å²) in [5, 5.41) is 6.80. The highest BCUT2D eigenvalue weighted by atomic mass is 35.5. The van der Waals surface area contributed by atoms with E-state index >= 15 is 0 Å². The molecule has 26 heavy (non-hydrogen) atoms. The van der Waals surface area contributed by atoms with E-state index in [9.17, 15) is 9.59 Å². The molecule has 7 nitrogen and oxygen atoms in total. The van der Waals surface area contributed by atoms with Gasteiger partial charge in [-0.3, -0.25) is 14.3 Å². The monoisotopic (exact) mass is 401 g/mol. The predicted molar refractivity (Wildman–Crippen MR) is 105 cm³/mol. The summed E-state index contributed by atoms with van der Waals surface area (Å²) >= 11 is 0. The highest BCUT2D eigenvalue weighted by molar-refractivity contribution is 5.86. The van der Waals surface area contributed by atoms with Crippen LogP contribution in [0, 0.1) is 0 Å². The Bertz CT molecular complexity index is 667. The van der Waals surface area contributed by atoms with E-state index in [1.54, 1.807) is 37.1 Å². The highest BCUT2D eigenvalue weighted by Crippen LogP contribution is 2.09. The second kappa shape index (κ2) is 11.5. The van der Waals surface area contributed by atoms with Crippen LogP contribution in [0.5, 0.6) is 0 Å². The summed E-state index contributed by atoms with van der Waals surface area (Å²) in [6, 6.07) is 10.6. The van der Waals surface area contributed by atoms with Crippen molar-refractivity contribution in [3.05, 3.63) is 54.4 Å². The molecule has 9 heteroatoms. The van der Waals surface area contributed by atoms with Crippen molar-refractivity contribution in [3.8, 4) is 0 Å². The van der Waals surface area contributed by atoms with E-state index < -0.39 is 6.04 Å². The average Bonchev–Trinajstić information content (AvgIpc) is 3.13. The van der Waals surface area contributed by atoms with E-state index in [4.69, 9.17) is 5.73 Å². The van der Waals surface area contributed by atoms with Gasteiger partial charge in [0.25, 0.3) is 0 Å². The average molecular weight is 402 g/mol. The van der Waals surface area contributed by atoms with Crippen molar-refractivity contribution in [3.63, 3.8) is 0 Å². The number of nitrogens with one attached hydrogen (secondary N) is 1. The lowest BCUT2D eigenvalue weighted by Crippen LogP contribution is -2.42. The van der Waals surface area contributed by atoms with Gasteiger partial charge in [0.15, 0.2) is 0 Å². The number of hydrogen-bond donors (Lipinski definition) is 2. The molecule has 2 unspecified atom stereocenters. The summed E-state index contributed by atoms with van der Waals surface area (Å²) < 4.78 is 1.56. The molecular formula is C17H25Cl2N5O2. The number of nitrogens with zero attached hydrogens (tertiary/aromatic N) is 3. The van der Waals surface area contributed by atoms with Gasteiger partial charge in [0, 0.05) is 32.0 Å². The molecule has 2 aromatic rings. The number of hydrogen-bond acceptors (Lipinski definition) is 4. The maximum Gasteiger partial charge on any atom is 0.247 e. The zero-order valence-corrected chi connectivity index (χ0v) is 16.4. The van der Waals surface area contributed by atoms with Gasteiger partial charge in [-0.05, 0) is 18.6 Å². The normalized spacial score (nSPS) is 12.1. The van der Waals surface area contributed by atoms with Gasteiger partial charge in [0.05, 0.1) is 6.54 Å². The largest absolute Gasteiger partial charge is 0.353 e. The minimum absolute atomic E-state index is 0. The summed E-state index contributed by atoms with van der Waals surface area (Å²) in [6.07, 6.45) is 3.33. The van der Waals surface area contributed by atoms with Crippen molar-refractivity contribution < 1.29 is 9.59 Å². The van der Waals surface area contributed by atoms with Gasteiger partial charge in [0.2, 0.25) is 11.8 Å². The maximum atomic E-state index is 12.3. The minimum atomic E-state index is -0.454. The fourth-order valence-corrected chi connectivity index (χ4v) is 2.33. The molecular weight excluding hydrogens is 377 g/mol. The molecule has 0 aliphatic rings. The Kier molecular flexibility index (Phi) is 10.6. The molecule has 0 aliphatic carbocycles. The van der Waals surface area contributed by atoms with Crippen molar-refractivity contribution in [1.82, 2.24) is 20.0 Å². The third-order valence-corrected chi connectivity index (χ3v) is 3.78. The molecule has 0 fully saturated rings. The Balaban J connectivity index is 0.00000312. The van der Waals surface area contributed by atoms with Gasteiger partial charge in [-0.25, -0.2) is 0 Å². The number of amides is 2. The fraction of sp³-hybridized carbons (Fsp3) is 0.353. The molecule has 1 aromatic carbocycles. The number of likely N-dealkylation sites (N-methyl/N-ethyl adjacent to an activating group) is 1. The van der Waals surface area contributed by atoms with E-state index in [1.807, 2.05) is 30.3 Å². The van der Waals surface area contributed by atoms with E-state index in [0.717, 1.165) is 5.56 Å². The number of carbonyl (C=O) groups is 2. The second-order valence-electron chi connectivity index (χ2n) is 5.68. The molecule has 3 N–H and O–H groups in total. The van der Waals surface area contributed by atoms with E-state index in [-0.39, 0.29) is 49.2 Å². The van der Waals surface area contributed by atoms with Gasteiger partial charge >= 0.3 is 0 Å². The van der Waals surface area contributed by atoms with Gasteiger partial charge in [-0.15, -0.1) is 24.8 Å². The van der Waals surface area contributed by atoms with Crippen LogP contribution in [0.25, 0.3) is 0 Å². The Labute approximate surface area is 165 Å². The van der Waals surface area contributed by atoms with E-state index in [0.29, 0.717) is 6.54 Å². The number of carbonyl (C=O) groups excluding carboxylic acids is 2. The van der Waals surface area contributed by atoms with Crippen molar-refractivity contribution >= 4 is 36.6 Å². The topological polar surface area (TPSA) is 93.3 Å². The zero-order chi connectivity index (χ0) is 17.5. The minimum Gasteiger partial charge on any atom is -0.353 e. The lowest BCUT2D eigenvalue weighted by Gasteiger charge is -2.21.